The van der Waals surface area contributed by atoms with Gasteiger partial charge >= 0.3 is 6.09 Å². The summed E-state index contributed by atoms with van der Waals surface area (Å²) < 4.78 is 33.8. The topological polar surface area (TPSA) is 70.2 Å². The summed E-state index contributed by atoms with van der Waals surface area (Å²) >= 11 is 0. The highest BCUT2D eigenvalue weighted by atomic mass is 32.2. The zero-order valence-corrected chi connectivity index (χ0v) is 25.6. The van der Waals surface area contributed by atoms with Gasteiger partial charge in [-0.1, -0.05) is 91.9 Å². The summed E-state index contributed by atoms with van der Waals surface area (Å²) in [7, 11) is -1.95. The number of rotatable bonds is 13. The van der Waals surface area contributed by atoms with Crippen LogP contribution in [0, 0.1) is 0 Å². The fourth-order valence-electron chi connectivity index (χ4n) is 5.68. The molecule has 0 bridgehead atoms. The van der Waals surface area contributed by atoms with Crippen LogP contribution in [0.3, 0.4) is 0 Å². The van der Waals surface area contributed by atoms with Gasteiger partial charge < -0.3 is 14.5 Å². The van der Waals surface area contributed by atoms with Gasteiger partial charge in [0.2, 0.25) is 10.0 Å². The standard InChI is InChI=1S/C34H43N3O4S/c1-4-23-37(33(38)41-27-29-14-8-5-9-15-29)31-20-24-36(25-21-31)26-22-34(2,30-16-10-6-11-17-30)28-35(3)42(39,40)32-18-12-7-13-19-32/h4-19,31H,1,20-28H2,2-3H3. The van der Waals surface area contributed by atoms with Gasteiger partial charge in [-0.25, -0.2) is 17.5 Å². The van der Waals surface area contributed by atoms with E-state index in [9.17, 15) is 13.2 Å². The van der Waals surface area contributed by atoms with Crippen molar-refractivity contribution in [3.8, 4) is 0 Å². The van der Waals surface area contributed by atoms with Gasteiger partial charge in [0, 0.05) is 44.7 Å². The average molecular weight is 590 g/mol. The van der Waals surface area contributed by atoms with Crippen LogP contribution in [0.5, 0.6) is 0 Å². The first-order valence-electron chi connectivity index (χ1n) is 14.6. The molecule has 1 fully saturated rings. The Labute approximate surface area is 251 Å². The largest absolute Gasteiger partial charge is 0.445 e. The fraction of sp³-hybridized carbons (Fsp3) is 0.382. The van der Waals surface area contributed by atoms with E-state index in [-0.39, 0.29) is 24.2 Å². The molecule has 1 aliphatic rings. The highest BCUT2D eigenvalue weighted by molar-refractivity contribution is 7.89. The van der Waals surface area contributed by atoms with Gasteiger partial charge in [-0.2, -0.15) is 0 Å². The van der Waals surface area contributed by atoms with E-state index in [1.54, 1.807) is 42.3 Å². The number of nitrogens with zero attached hydrogens (tertiary/aromatic N) is 3. The number of hydrogen-bond donors (Lipinski definition) is 0. The molecule has 1 atom stereocenters. The summed E-state index contributed by atoms with van der Waals surface area (Å²) in [5.41, 5.74) is 1.70. The number of amides is 1. The monoisotopic (exact) mass is 589 g/mol. The van der Waals surface area contributed by atoms with Gasteiger partial charge in [-0.15, -0.1) is 6.58 Å². The molecule has 224 valence electrons. The maximum atomic E-state index is 13.3. The van der Waals surface area contributed by atoms with Crippen molar-refractivity contribution in [1.29, 1.82) is 0 Å². The molecule has 0 N–H and O–H groups in total. The van der Waals surface area contributed by atoms with Gasteiger partial charge in [0.05, 0.1) is 4.90 Å². The second-order valence-electron chi connectivity index (χ2n) is 11.3. The van der Waals surface area contributed by atoms with E-state index in [4.69, 9.17) is 4.74 Å². The van der Waals surface area contributed by atoms with E-state index in [1.165, 1.54) is 4.31 Å². The van der Waals surface area contributed by atoms with Crippen LogP contribution < -0.4 is 0 Å². The van der Waals surface area contributed by atoms with Gasteiger partial charge in [0.15, 0.2) is 0 Å². The molecule has 1 heterocycles. The SMILES string of the molecule is C=CCN(C(=O)OCc1ccccc1)C1CCN(CCC(C)(CN(C)S(=O)(=O)c2ccccc2)c2ccccc2)CC1. The lowest BCUT2D eigenvalue weighted by molar-refractivity contribution is 0.0647. The first kappa shape index (κ1) is 31.5. The summed E-state index contributed by atoms with van der Waals surface area (Å²) in [6.45, 7) is 9.61. The first-order chi connectivity index (χ1) is 20.2. The Hall–Kier alpha value is -3.46. The van der Waals surface area contributed by atoms with Gasteiger partial charge in [0.25, 0.3) is 0 Å². The van der Waals surface area contributed by atoms with Crippen molar-refractivity contribution in [3.63, 3.8) is 0 Å². The molecule has 3 aromatic rings. The van der Waals surface area contributed by atoms with E-state index in [1.807, 2.05) is 54.6 Å². The van der Waals surface area contributed by atoms with Crippen LogP contribution >= 0.6 is 0 Å². The van der Waals surface area contributed by atoms with E-state index in [0.717, 1.165) is 50.0 Å². The third kappa shape index (κ3) is 8.09. The molecule has 42 heavy (non-hydrogen) atoms. The van der Waals surface area contributed by atoms with Crippen LogP contribution in [0.1, 0.15) is 37.3 Å². The maximum Gasteiger partial charge on any atom is 0.410 e. The lowest BCUT2D eigenvalue weighted by atomic mass is 9.79. The quantitative estimate of drug-likeness (QED) is 0.231. The highest BCUT2D eigenvalue weighted by Gasteiger charge is 2.34. The van der Waals surface area contributed by atoms with Crippen molar-refractivity contribution in [1.82, 2.24) is 14.1 Å². The molecule has 0 radical (unpaired) electrons. The molecule has 0 spiro atoms. The zero-order chi connectivity index (χ0) is 30.0. The van der Waals surface area contributed by atoms with Crippen LogP contribution in [0.4, 0.5) is 4.79 Å². The summed E-state index contributed by atoms with van der Waals surface area (Å²) in [4.78, 5) is 17.5. The Morgan fingerprint density at radius 3 is 2.14 bits per heavy atom. The average Bonchev–Trinajstić information content (AvgIpc) is 3.03. The van der Waals surface area contributed by atoms with E-state index in [2.05, 4.69) is 30.5 Å². The third-order valence-electron chi connectivity index (χ3n) is 8.24. The fourth-order valence-corrected chi connectivity index (χ4v) is 6.99. The van der Waals surface area contributed by atoms with E-state index in [0.29, 0.717) is 18.0 Å². The Kier molecular flexibility index (Phi) is 11.0. The number of carbonyl (C=O) groups excluding carboxylic acids is 1. The van der Waals surface area contributed by atoms with Gasteiger partial charge in [-0.3, -0.25) is 0 Å². The molecule has 1 amide bonds. The first-order valence-corrected chi connectivity index (χ1v) is 16.0. The second kappa shape index (κ2) is 14.6. The van der Waals surface area contributed by atoms with E-state index >= 15 is 0 Å². The number of hydrogen-bond acceptors (Lipinski definition) is 5. The molecule has 4 rings (SSSR count). The molecule has 1 unspecified atom stereocenters. The minimum Gasteiger partial charge on any atom is -0.445 e. The smallest absolute Gasteiger partial charge is 0.410 e. The Balaban J connectivity index is 1.37. The summed E-state index contributed by atoms with van der Waals surface area (Å²) in [6, 6.07) is 28.6. The maximum absolute atomic E-state index is 13.3. The van der Waals surface area contributed by atoms with Crippen LogP contribution in [0.25, 0.3) is 0 Å². The number of ether oxygens (including phenoxy) is 1. The lowest BCUT2D eigenvalue weighted by Crippen LogP contribution is -2.48. The molecule has 1 saturated heterocycles. The Bertz CT molecular complexity index is 1380. The van der Waals surface area contributed by atoms with Crippen LogP contribution in [0.15, 0.2) is 109 Å². The van der Waals surface area contributed by atoms with Gasteiger partial charge in [0.1, 0.15) is 6.61 Å². The summed E-state index contributed by atoms with van der Waals surface area (Å²) in [5, 5.41) is 0. The van der Waals surface area contributed by atoms with Crippen molar-refractivity contribution in [2.45, 2.75) is 49.1 Å². The third-order valence-corrected chi connectivity index (χ3v) is 10.1. The Morgan fingerprint density at radius 1 is 0.976 bits per heavy atom. The predicted octanol–water partition coefficient (Wildman–Crippen LogP) is 5.94. The molecule has 1 aliphatic heterocycles. The highest BCUT2D eigenvalue weighted by Crippen LogP contribution is 2.31. The van der Waals surface area contributed by atoms with Crippen molar-refractivity contribution < 1.29 is 17.9 Å². The molecular formula is C34H43N3O4S. The van der Waals surface area contributed by atoms with E-state index < -0.39 is 10.0 Å². The number of likely N-dealkylation sites (N-methyl/N-ethyl adjacent to an activating group) is 1. The number of likely N-dealkylation sites (tertiary alicyclic amines) is 1. The van der Waals surface area contributed by atoms with Gasteiger partial charge in [-0.05, 0) is 49.1 Å². The lowest BCUT2D eigenvalue weighted by Gasteiger charge is -2.40. The second-order valence-corrected chi connectivity index (χ2v) is 13.3. The van der Waals surface area contributed by atoms with Crippen molar-refractivity contribution >= 4 is 16.1 Å². The Morgan fingerprint density at radius 2 is 1.55 bits per heavy atom. The van der Waals surface area contributed by atoms with Crippen molar-refractivity contribution in [3.05, 3.63) is 115 Å². The molecule has 0 aromatic heterocycles. The summed E-state index contributed by atoms with van der Waals surface area (Å²) in [5.74, 6) is 0. The number of benzene rings is 3. The molecular weight excluding hydrogens is 546 g/mol. The molecule has 7 nitrogen and oxygen atoms in total. The van der Waals surface area contributed by atoms with Crippen molar-refractivity contribution in [2.24, 2.45) is 0 Å². The molecule has 3 aromatic carbocycles. The number of carbonyl (C=O) groups is 1. The zero-order valence-electron chi connectivity index (χ0n) is 24.8. The predicted molar refractivity (Wildman–Crippen MR) is 168 cm³/mol. The minimum atomic E-state index is -3.61. The van der Waals surface area contributed by atoms with Crippen LogP contribution in [0.2, 0.25) is 0 Å². The minimum absolute atomic E-state index is 0.0881. The normalized spacial score (nSPS) is 16.1. The van der Waals surface area contributed by atoms with Crippen LogP contribution in [-0.2, 0) is 26.8 Å². The number of sulfonamides is 1. The summed E-state index contributed by atoms with van der Waals surface area (Å²) in [6.07, 6.45) is 3.93. The molecule has 8 heteroatoms. The number of piperidine rings is 1. The van der Waals surface area contributed by atoms with Crippen LogP contribution in [-0.4, -0.2) is 74.4 Å². The molecule has 0 saturated carbocycles. The van der Waals surface area contributed by atoms with Crippen molar-refractivity contribution in [2.75, 3.05) is 39.8 Å². The molecule has 0 aliphatic carbocycles.